The van der Waals surface area contributed by atoms with Crippen LogP contribution < -0.4 is 0 Å². The fraction of sp³-hybridized carbons (Fsp3) is 0.0455. The Hall–Kier alpha value is -2.84. The van der Waals surface area contributed by atoms with E-state index in [1.54, 1.807) is 0 Å². The minimum atomic E-state index is 0.718. The van der Waals surface area contributed by atoms with Crippen molar-refractivity contribution in [3.63, 3.8) is 0 Å². The molecule has 0 N–H and O–H groups in total. The minimum Gasteiger partial charge on any atom is -0.232 e. The Labute approximate surface area is 152 Å². The molecule has 0 aliphatic rings. The molecule has 3 heteroatoms. The molecule has 0 radical (unpaired) electrons. The van der Waals surface area contributed by atoms with Crippen LogP contribution in [0.3, 0.4) is 0 Å². The van der Waals surface area contributed by atoms with Gasteiger partial charge in [-0.25, -0.2) is 4.68 Å². The SMILES string of the molecule is Cc1cccc(-c2cc(-c3ccccc3Cl)n(-c3ccccc3)n2)c1. The molecule has 1 heterocycles. The first-order valence-electron chi connectivity index (χ1n) is 8.20. The fourth-order valence-corrected chi connectivity index (χ4v) is 3.19. The first-order valence-corrected chi connectivity index (χ1v) is 8.57. The summed E-state index contributed by atoms with van der Waals surface area (Å²) in [6.45, 7) is 2.09. The maximum Gasteiger partial charge on any atom is 0.0934 e. The molecule has 4 aromatic rings. The van der Waals surface area contributed by atoms with Gasteiger partial charge in [-0.05, 0) is 37.3 Å². The highest BCUT2D eigenvalue weighted by molar-refractivity contribution is 6.33. The van der Waals surface area contributed by atoms with E-state index < -0.39 is 0 Å². The second-order valence-corrected chi connectivity index (χ2v) is 6.42. The third-order valence-electron chi connectivity index (χ3n) is 4.17. The van der Waals surface area contributed by atoms with Gasteiger partial charge in [0.25, 0.3) is 0 Å². The van der Waals surface area contributed by atoms with Gasteiger partial charge in [0, 0.05) is 16.1 Å². The largest absolute Gasteiger partial charge is 0.232 e. The Bertz CT molecular complexity index is 1020. The number of rotatable bonds is 3. The maximum atomic E-state index is 6.46. The van der Waals surface area contributed by atoms with Crippen molar-refractivity contribution in [2.45, 2.75) is 6.92 Å². The van der Waals surface area contributed by atoms with E-state index in [4.69, 9.17) is 16.7 Å². The Kier molecular flexibility index (Phi) is 4.12. The molecule has 0 spiro atoms. The molecule has 0 aliphatic carbocycles. The predicted octanol–water partition coefficient (Wildman–Crippen LogP) is 6.17. The lowest BCUT2D eigenvalue weighted by Crippen LogP contribution is -1.99. The summed E-state index contributed by atoms with van der Waals surface area (Å²) < 4.78 is 1.96. The van der Waals surface area contributed by atoms with Crippen LogP contribution in [0.1, 0.15) is 5.56 Å². The van der Waals surface area contributed by atoms with E-state index in [1.165, 1.54) is 5.56 Å². The second-order valence-electron chi connectivity index (χ2n) is 6.01. The van der Waals surface area contributed by atoms with Gasteiger partial charge in [-0.2, -0.15) is 5.10 Å². The van der Waals surface area contributed by atoms with Gasteiger partial charge in [0.05, 0.1) is 17.1 Å². The Morgan fingerprint density at radius 3 is 2.32 bits per heavy atom. The first kappa shape index (κ1) is 15.7. The average Bonchev–Trinajstić information content (AvgIpc) is 3.08. The predicted molar refractivity (Wildman–Crippen MR) is 104 cm³/mol. The number of hydrogen-bond acceptors (Lipinski definition) is 1. The minimum absolute atomic E-state index is 0.718. The summed E-state index contributed by atoms with van der Waals surface area (Å²) in [5.41, 5.74) is 6.21. The van der Waals surface area contributed by atoms with Crippen molar-refractivity contribution in [3.05, 3.63) is 95.5 Å². The van der Waals surface area contributed by atoms with E-state index in [0.29, 0.717) is 0 Å². The molecule has 0 aliphatic heterocycles. The monoisotopic (exact) mass is 344 g/mol. The summed E-state index contributed by atoms with van der Waals surface area (Å²) >= 11 is 6.46. The molecule has 0 bridgehead atoms. The molecule has 0 atom stereocenters. The number of halogens is 1. The van der Waals surface area contributed by atoms with Gasteiger partial charge in [-0.1, -0.05) is 71.8 Å². The molecule has 1 aromatic heterocycles. The van der Waals surface area contributed by atoms with Crippen molar-refractivity contribution in [2.24, 2.45) is 0 Å². The molecule has 25 heavy (non-hydrogen) atoms. The lowest BCUT2D eigenvalue weighted by molar-refractivity contribution is 0.892. The van der Waals surface area contributed by atoms with Gasteiger partial charge >= 0.3 is 0 Å². The highest BCUT2D eigenvalue weighted by Crippen LogP contribution is 2.33. The van der Waals surface area contributed by atoms with Crippen LogP contribution >= 0.6 is 11.6 Å². The van der Waals surface area contributed by atoms with Crippen LogP contribution in [0.2, 0.25) is 5.02 Å². The summed E-state index contributed by atoms with van der Waals surface area (Å²) in [4.78, 5) is 0. The van der Waals surface area contributed by atoms with E-state index in [2.05, 4.69) is 37.3 Å². The van der Waals surface area contributed by atoms with Gasteiger partial charge in [-0.15, -0.1) is 0 Å². The zero-order valence-corrected chi connectivity index (χ0v) is 14.6. The van der Waals surface area contributed by atoms with Crippen molar-refractivity contribution in [1.82, 2.24) is 9.78 Å². The third kappa shape index (κ3) is 3.09. The van der Waals surface area contributed by atoms with Gasteiger partial charge < -0.3 is 0 Å². The van der Waals surface area contributed by atoms with E-state index in [-0.39, 0.29) is 0 Å². The fourth-order valence-electron chi connectivity index (χ4n) is 2.95. The molecule has 2 nitrogen and oxygen atoms in total. The molecule has 0 unspecified atom stereocenters. The highest BCUT2D eigenvalue weighted by Gasteiger charge is 2.15. The maximum absolute atomic E-state index is 6.46. The summed E-state index contributed by atoms with van der Waals surface area (Å²) in [6.07, 6.45) is 0. The van der Waals surface area contributed by atoms with E-state index >= 15 is 0 Å². The topological polar surface area (TPSA) is 17.8 Å². The molecule has 4 rings (SSSR count). The van der Waals surface area contributed by atoms with Crippen molar-refractivity contribution in [2.75, 3.05) is 0 Å². The molecular weight excluding hydrogens is 328 g/mol. The van der Waals surface area contributed by atoms with Crippen molar-refractivity contribution in [3.8, 4) is 28.2 Å². The summed E-state index contributed by atoms with van der Waals surface area (Å²) in [5, 5.41) is 5.59. The lowest BCUT2D eigenvalue weighted by Gasteiger charge is -2.08. The van der Waals surface area contributed by atoms with Crippen LogP contribution in [0.25, 0.3) is 28.2 Å². The van der Waals surface area contributed by atoms with Crippen LogP contribution in [0.4, 0.5) is 0 Å². The average molecular weight is 345 g/mol. The number of hydrogen-bond donors (Lipinski definition) is 0. The van der Waals surface area contributed by atoms with Crippen LogP contribution in [-0.4, -0.2) is 9.78 Å². The van der Waals surface area contributed by atoms with Crippen LogP contribution in [-0.2, 0) is 0 Å². The Morgan fingerprint density at radius 2 is 1.56 bits per heavy atom. The number of aryl methyl sites for hydroxylation is 1. The molecule has 0 saturated heterocycles. The first-order chi connectivity index (χ1) is 12.2. The highest BCUT2D eigenvalue weighted by atomic mass is 35.5. The standard InChI is InChI=1S/C22H17ClN2/c1-16-8-7-9-17(14-16)21-15-22(19-12-5-6-13-20(19)23)25(24-21)18-10-3-2-4-11-18/h2-15H,1H3. The van der Waals surface area contributed by atoms with Gasteiger partial charge in [0.2, 0.25) is 0 Å². The van der Waals surface area contributed by atoms with E-state index in [1.807, 2.05) is 59.3 Å². The molecule has 0 amide bonds. The summed E-state index contributed by atoms with van der Waals surface area (Å²) in [6, 6.07) is 28.5. The number of nitrogens with zero attached hydrogens (tertiary/aromatic N) is 2. The Balaban J connectivity index is 1.94. The number of benzene rings is 3. The van der Waals surface area contributed by atoms with Crippen molar-refractivity contribution in [1.29, 1.82) is 0 Å². The Morgan fingerprint density at radius 1 is 0.800 bits per heavy atom. The normalized spacial score (nSPS) is 10.8. The number of aromatic nitrogens is 2. The van der Waals surface area contributed by atoms with Gasteiger partial charge in [0.1, 0.15) is 0 Å². The van der Waals surface area contributed by atoms with Crippen molar-refractivity contribution < 1.29 is 0 Å². The molecule has 122 valence electrons. The lowest BCUT2D eigenvalue weighted by atomic mass is 10.1. The zero-order valence-electron chi connectivity index (χ0n) is 13.9. The van der Waals surface area contributed by atoms with Gasteiger partial charge in [-0.3, -0.25) is 0 Å². The zero-order chi connectivity index (χ0) is 17.2. The molecular formula is C22H17ClN2. The number of para-hydroxylation sites is 1. The smallest absolute Gasteiger partial charge is 0.0934 e. The second kappa shape index (κ2) is 6.58. The van der Waals surface area contributed by atoms with E-state index in [0.717, 1.165) is 33.2 Å². The molecule has 3 aromatic carbocycles. The third-order valence-corrected chi connectivity index (χ3v) is 4.50. The van der Waals surface area contributed by atoms with Crippen LogP contribution in [0.5, 0.6) is 0 Å². The van der Waals surface area contributed by atoms with Gasteiger partial charge in [0.15, 0.2) is 0 Å². The van der Waals surface area contributed by atoms with Crippen molar-refractivity contribution >= 4 is 11.6 Å². The van der Waals surface area contributed by atoms with E-state index in [9.17, 15) is 0 Å². The molecule has 0 fully saturated rings. The summed E-state index contributed by atoms with van der Waals surface area (Å²) in [5.74, 6) is 0. The van der Waals surface area contributed by atoms with Crippen LogP contribution in [0.15, 0.2) is 84.9 Å². The van der Waals surface area contributed by atoms with Crippen LogP contribution in [0, 0.1) is 6.92 Å². The quantitative estimate of drug-likeness (QED) is 0.434. The molecule has 0 saturated carbocycles. The summed E-state index contributed by atoms with van der Waals surface area (Å²) in [7, 11) is 0.